The number of rotatable bonds is 4. The summed E-state index contributed by atoms with van der Waals surface area (Å²) in [6, 6.07) is 11.6. The number of anilines is 1. The zero-order valence-corrected chi connectivity index (χ0v) is 18.0. The quantitative estimate of drug-likeness (QED) is 0.730. The Morgan fingerprint density at radius 1 is 0.967 bits per heavy atom. The zero-order valence-electron chi connectivity index (χ0n) is 18.0. The first-order valence-corrected chi connectivity index (χ1v) is 10.3. The number of nitrogens with zero attached hydrogens (tertiary/aromatic N) is 1. The number of carbonyl (C=O) groups excluding carboxylic acids is 2. The fraction of sp³-hybridized carbons (Fsp3) is 0.360. The summed E-state index contributed by atoms with van der Waals surface area (Å²) in [7, 11) is 3.21. The van der Waals surface area contributed by atoms with Crippen molar-refractivity contribution in [3.05, 3.63) is 64.4 Å². The predicted molar refractivity (Wildman–Crippen MR) is 116 cm³/mol. The number of hydrogen-bond donors (Lipinski definition) is 0. The second-order valence-corrected chi connectivity index (χ2v) is 8.02. The average Bonchev–Trinajstić information content (AvgIpc) is 2.73. The first kappa shape index (κ1) is 20.2. The van der Waals surface area contributed by atoms with Gasteiger partial charge in [-0.05, 0) is 56.5 Å². The molecule has 30 heavy (non-hydrogen) atoms. The van der Waals surface area contributed by atoms with Crippen LogP contribution in [0.3, 0.4) is 0 Å². The molecule has 5 nitrogen and oxygen atoms in total. The van der Waals surface area contributed by atoms with E-state index in [1.54, 1.807) is 19.1 Å². The lowest BCUT2D eigenvalue weighted by Crippen LogP contribution is -2.41. The maximum absolute atomic E-state index is 13.4. The first-order valence-electron chi connectivity index (χ1n) is 10.3. The van der Waals surface area contributed by atoms with Gasteiger partial charge in [0.25, 0.3) is 0 Å². The van der Waals surface area contributed by atoms with Gasteiger partial charge < -0.3 is 9.47 Å². The van der Waals surface area contributed by atoms with E-state index in [2.05, 4.69) is 6.07 Å². The van der Waals surface area contributed by atoms with E-state index in [9.17, 15) is 9.59 Å². The van der Waals surface area contributed by atoms with Gasteiger partial charge in [0.05, 0.1) is 19.9 Å². The molecule has 0 radical (unpaired) electrons. The van der Waals surface area contributed by atoms with Crippen molar-refractivity contribution in [2.45, 2.75) is 45.4 Å². The van der Waals surface area contributed by atoms with E-state index in [1.165, 1.54) is 0 Å². The summed E-state index contributed by atoms with van der Waals surface area (Å²) in [5.41, 5.74) is 5.45. The molecule has 5 heteroatoms. The van der Waals surface area contributed by atoms with Crippen molar-refractivity contribution in [1.29, 1.82) is 0 Å². The molecule has 0 bridgehead atoms. The van der Waals surface area contributed by atoms with Gasteiger partial charge in [-0.2, -0.15) is 0 Å². The summed E-state index contributed by atoms with van der Waals surface area (Å²) in [5, 5.41) is 0. The molecule has 1 aliphatic heterocycles. The molecule has 1 unspecified atom stereocenters. The summed E-state index contributed by atoms with van der Waals surface area (Å²) >= 11 is 0. The molecule has 4 rings (SSSR count). The van der Waals surface area contributed by atoms with E-state index in [4.69, 9.17) is 9.47 Å². The monoisotopic (exact) mass is 405 g/mol. The number of carbonyl (C=O) groups is 2. The Bertz CT molecular complexity index is 1050. The Balaban J connectivity index is 1.90. The van der Waals surface area contributed by atoms with E-state index >= 15 is 0 Å². The Morgan fingerprint density at radius 2 is 1.77 bits per heavy atom. The van der Waals surface area contributed by atoms with Gasteiger partial charge in [0, 0.05) is 35.6 Å². The van der Waals surface area contributed by atoms with Crippen molar-refractivity contribution in [3.8, 4) is 11.5 Å². The maximum atomic E-state index is 13.4. The predicted octanol–water partition coefficient (Wildman–Crippen LogP) is 4.85. The molecule has 1 heterocycles. The Morgan fingerprint density at radius 3 is 2.47 bits per heavy atom. The molecular weight excluding hydrogens is 378 g/mol. The molecule has 0 spiro atoms. The molecule has 2 aromatic rings. The van der Waals surface area contributed by atoms with Crippen molar-refractivity contribution in [2.75, 3.05) is 19.1 Å². The number of amides is 1. The normalized spacial score (nSPS) is 19.1. The van der Waals surface area contributed by atoms with Crippen molar-refractivity contribution >= 4 is 17.4 Å². The first-order chi connectivity index (χ1) is 14.4. The highest BCUT2D eigenvalue weighted by molar-refractivity contribution is 6.07. The third-order valence-electron chi connectivity index (χ3n) is 6.08. The van der Waals surface area contributed by atoms with Crippen molar-refractivity contribution in [2.24, 2.45) is 0 Å². The lowest BCUT2D eigenvalue weighted by molar-refractivity contribution is -0.119. The summed E-state index contributed by atoms with van der Waals surface area (Å²) in [4.78, 5) is 28.3. The van der Waals surface area contributed by atoms with Gasteiger partial charge in [-0.1, -0.05) is 17.7 Å². The van der Waals surface area contributed by atoms with Crippen LogP contribution in [0.2, 0.25) is 0 Å². The molecule has 0 aromatic heterocycles. The zero-order chi connectivity index (χ0) is 21.4. The topological polar surface area (TPSA) is 55.8 Å². The van der Waals surface area contributed by atoms with Crippen LogP contribution in [0, 0.1) is 13.8 Å². The SMILES string of the molecule is COc1ccc(OC)c(C2CC(=O)N(c3ccc(C)cc3C)C3=C2C(=O)CCC3)c1. The fourth-order valence-electron chi connectivity index (χ4n) is 4.71. The van der Waals surface area contributed by atoms with Gasteiger partial charge in [-0.15, -0.1) is 0 Å². The number of methoxy groups -OCH3 is 2. The smallest absolute Gasteiger partial charge is 0.232 e. The minimum Gasteiger partial charge on any atom is -0.497 e. The fourth-order valence-corrected chi connectivity index (χ4v) is 4.71. The Labute approximate surface area is 177 Å². The molecular formula is C25H27NO4. The minimum absolute atomic E-state index is 0.00489. The van der Waals surface area contributed by atoms with E-state index < -0.39 is 0 Å². The highest BCUT2D eigenvalue weighted by Crippen LogP contribution is 2.46. The molecule has 0 saturated carbocycles. The number of hydrogen-bond acceptors (Lipinski definition) is 4. The van der Waals surface area contributed by atoms with Crippen LogP contribution in [0.5, 0.6) is 11.5 Å². The molecule has 1 atom stereocenters. The van der Waals surface area contributed by atoms with Crippen molar-refractivity contribution in [1.82, 2.24) is 0 Å². The second-order valence-electron chi connectivity index (χ2n) is 8.02. The van der Waals surface area contributed by atoms with Crippen molar-refractivity contribution in [3.63, 3.8) is 0 Å². The highest BCUT2D eigenvalue weighted by atomic mass is 16.5. The van der Waals surface area contributed by atoms with E-state index in [0.717, 1.165) is 40.1 Å². The molecule has 1 amide bonds. The largest absolute Gasteiger partial charge is 0.497 e. The number of ether oxygens (including phenoxy) is 2. The van der Waals surface area contributed by atoms with Gasteiger partial charge in [0.1, 0.15) is 11.5 Å². The van der Waals surface area contributed by atoms with Crippen LogP contribution >= 0.6 is 0 Å². The van der Waals surface area contributed by atoms with Crippen LogP contribution in [-0.4, -0.2) is 25.9 Å². The lowest BCUT2D eigenvalue weighted by atomic mass is 9.76. The number of benzene rings is 2. The van der Waals surface area contributed by atoms with Gasteiger partial charge in [0.2, 0.25) is 5.91 Å². The standard InChI is InChI=1S/C25H27NO4/c1-15-8-10-20(16(2)12-15)26-21-6-5-7-22(27)25(21)19(14-24(26)28)18-13-17(29-3)9-11-23(18)30-4/h8-13,19H,5-7,14H2,1-4H3. The van der Waals surface area contributed by atoms with Crippen LogP contribution in [0.15, 0.2) is 47.7 Å². The van der Waals surface area contributed by atoms with Crippen LogP contribution in [-0.2, 0) is 9.59 Å². The molecule has 156 valence electrons. The van der Waals surface area contributed by atoms with Crippen LogP contribution in [0.4, 0.5) is 5.69 Å². The third-order valence-corrected chi connectivity index (χ3v) is 6.08. The molecule has 0 N–H and O–H groups in total. The van der Waals surface area contributed by atoms with Crippen LogP contribution < -0.4 is 14.4 Å². The van der Waals surface area contributed by atoms with Crippen LogP contribution in [0.1, 0.15) is 48.3 Å². The Kier molecular flexibility index (Phi) is 5.37. The molecule has 1 aliphatic carbocycles. The molecule has 0 saturated heterocycles. The van der Waals surface area contributed by atoms with Crippen molar-refractivity contribution < 1.29 is 19.1 Å². The summed E-state index contributed by atoms with van der Waals surface area (Å²) < 4.78 is 11.0. The summed E-state index contributed by atoms with van der Waals surface area (Å²) in [5.74, 6) is 1.14. The third kappa shape index (κ3) is 3.38. The maximum Gasteiger partial charge on any atom is 0.232 e. The van der Waals surface area contributed by atoms with Gasteiger partial charge >= 0.3 is 0 Å². The summed E-state index contributed by atoms with van der Waals surface area (Å²) in [6.07, 6.45) is 2.20. The van der Waals surface area contributed by atoms with E-state index in [0.29, 0.717) is 24.3 Å². The highest BCUT2D eigenvalue weighted by Gasteiger charge is 2.41. The van der Waals surface area contributed by atoms with Crippen LogP contribution in [0.25, 0.3) is 0 Å². The molecule has 2 aliphatic rings. The Hall–Kier alpha value is -3.08. The van der Waals surface area contributed by atoms with E-state index in [1.807, 2.05) is 44.2 Å². The number of allylic oxidation sites excluding steroid dienone is 2. The van der Waals surface area contributed by atoms with Gasteiger partial charge in [-0.25, -0.2) is 0 Å². The summed E-state index contributed by atoms with van der Waals surface area (Å²) in [6.45, 7) is 4.05. The molecule has 2 aromatic carbocycles. The molecule has 0 fully saturated rings. The van der Waals surface area contributed by atoms with Gasteiger partial charge in [0.15, 0.2) is 5.78 Å². The average molecular weight is 405 g/mol. The number of ketones is 1. The lowest BCUT2D eigenvalue weighted by Gasteiger charge is -2.39. The number of aryl methyl sites for hydroxylation is 2. The minimum atomic E-state index is -0.327. The van der Waals surface area contributed by atoms with E-state index in [-0.39, 0.29) is 24.0 Å². The number of Topliss-reactive ketones (excluding diaryl/α,β-unsaturated/α-hetero) is 1. The second kappa shape index (κ2) is 7.98. The van der Waals surface area contributed by atoms with Gasteiger partial charge in [-0.3, -0.25) is 14.5 Å².